The summed E-state index contributed by atoms with van der Waals surface area (Å²) in [4.78, 5) is 30.3. The molecule has 3 rings (SSSR count). The Kier molecular flexibility index (Phi) is 7.87. The number of hydrogen-bond acceptors (Lipinski definition) is 5. The van der Waals surface area contributed by atoms with Crippen LogP contribution in [0.15, 0.2) is 47.6 Å². The Hall–Kier alpha value is -2.48. The van der Waals surface area contributed by atoms with Crippen LogP contribution >= 0.6 is 35.0 Å². The summed E-state index contributed by atoms with van der Waals surface area (Å²) in [5, 5.41) is 3.85. The molecule has 3 aromatic rings. The highest BCUT2D eigenvalue weighted by atomic mass is 35.5. The maximum atomic E-state index is 12.9. The molecule has 0 aliphatic carbocycles. The highest BCUT2D eigenvalue weighted by Crippen LogP contribution is 2.30. The maximum absolute atomic E-state index is 12.9. The SMILES string of the molecule is CCOC(=O)c1c(NC(=O)c2ccc(Cl)cc2Cl)nc(SC)n1-c1ccc(C(C)C)cc1. The van der Waals surface area contributed by atoms with Crippen LogP contribution in [0.4, 0.5) is 5.82 Å². The van der Waals surface area contributed by atoms with Crippen LogP contribution < -0.4 is 5.32 Å². The summed E-state index contributed by atoms with van der Waals surface area (Å²) in [6, 6.07) is 12.4. The molecule has 0 aliphatic heterocycles. The van der Waals surface area contributed by atoms with E-state index in [1.807, 2.05) is 30.5 Å². The molecule has 2 aromatic carbocycles. The normalized spacial score (nSPS) is 11.0. The molecule has 1 N–H and O–H groups in total. The Labute approximate surface area is 201 Å². The molecular weight excluding hydrogens is 469 g/mol. The van der Waals surface area contributed by atoms with Gasteiger partial charge in [0.1, 0.15) is 0 Å². The van der Waals surface area contributed by atoms with Crippen molar-refractivity contribution in [1.82, 2.24) is 9.55 Å². The third-order valence-corrected chi connectivity index (χ3v) is 5.91. The highest BCUT2D eigenvalue weighted by molar-refractivity contribution is 7.98. The van der Waals surface area contributed by atoms with Gasteiger partial charge in [-0.05, 0) is 55.0 Å². The zero-order valence-corrected chi connectivity index (χ0v) is 20.4. The largest absolute Gasteiger partial charge is 0.461 e. The van der Waals surface area contributed by atoms with Crippen LogP contribution in [-0.4, -0.2) is 34.3 Å². The Bertz CT molecular complexity index is 1140. The number of rotatable bonds is 7. The van der Waals surface area contributed by atoms with E-state index in [1.54, 1.807) is 17.6 Å². The molecule has 168 valence electrons. The maximum Gasteiger partial charge on any atom is 0.359 e. The molecule has 1 aromatic heterocycles. The predicted octanol–water partition coefficient (Wildman–Crippen LogP) is 6.45. The van der Waals surface area contributed by atoms with E-state index in [4.69, 9.17) is 27.9 Å². The predicted molar refractivity (Wildman–Crippen MR) is 130 cm³/mol. The molecule has 1 amide bonds. The number of nitrogens with zero attached hydrogens (tertiary/aromatic N) is 2. The summed E-state index contributed by atoms with van der Waals surface area (Å²) in [5.41, 5.74) is 2.25. The second-order valence-corrected chi connectivity index (χ2v) is 8.79. The summed E-state index contributed by atoms with van der Waals surface area (Å²) in [5.74, 6) is -0.637. The lowest BCUT2D eigenvalue weighted by molar-refractivity contribution is 0.0517. The van der Waals surface area contributed by atoms with Crippen molar-refractivity contribution in [1.29, 1.82) is 0 Å². The first-order valence-corrected chi connectivity index (χ1v) is 11.9. The number of nitrogens with one attached hydrogen (secondary N) is 1. The van der Waals surface area contributed by atoms with Crippen LogP contribution in [0.3, 0.4) is 0 Å². The van der Waals surface area contributed by atoms with Gasteiger partial charge in [0.25, 0.3) is 5.91 Å². The summed E-state index contributed by atoms with van der Waals surface area (Å²) in [6.07, 6.45) is 1.85. The molecule has 0 radical (unpaired) electrons. The Morgan fingerprint density at radius 2 is 1.84 bits per heavy atom. The second kappa shape index (κ2) is 10.4. The lowest BCUT2D eigenvalue weighted by Gasteiger charge is -2.13. The zero-order chi connectivity index (χ0) is 23.4. The molecule has 0 bridgehead atoms. The van der Waals surface area contributed by atoms with E-state index < -0.39 is 11.9 Å². The van der Waals surface area contributed by atoms with Crippen LogP contribution in [0.1, 0.15) is 53.1 Å². The van der Waals surface area contributed by atoms with Gasteiger partial charge in [-0.3, -0.25) is 9.36 Å². The van der Waals surface area contributed by atoms with Crippen molar-refractivity contribution in [3.63, 3.8) is 0 Å². The van der Waals surface area contributed by atoms with Crippen LogP contribution in [0.2, 0.25) is 10.0 Å². The fraction of sp³-hybridized carbons (Fsp3) is 0.261. The van der Waals surface area contributed by atoms with Gasteiger partial charge in [-0.1, -0.05) is 60.9 Å². The standard InChI is InChI=1S/C23H23Cl2N3O3S/c1-5-31-22(30)19-20(26-21(29)17-11-8-15(24)12-18(17)25)27-23(32-4)28(19)16-9-6-14(7-10-16)13(2)3/h6-13H,5H2,1-4H3,(H,26,29). The molecular formula is C23H23Cl2N3O3S. The number of carbonyl (C=O) groups excluding carboxylic acids is 2. The van der Waals surface area contributed by atoms with Crippen molar-refractivity contribution in [2.75, 3.05) is 18.2 Å². The van der Waals surface area contributed by atoms with Gasteiger partial charge in [0.2, 0.25) is 0 Å². The van der Waals surface area contributed by atoms with Crippen LogP contribution in [0.5, 0.6) is 0 Å². The number of aromatic nitrogens is 2. The minimum atomic E-state index is -0.592. The van der Waals surface area contributed by atoms with E-state index in [2.05, 4.69) is 24.1 Å². The average molecular weight is 492 g/mol. The molecule has 32 heavy (non-hydrogen) atoms. The quantitative estimate of drug-likeness (QED) is 0.303. The van der Waals surface area contributed by atoms with E-state index in [0.717, 1.165) is 5.69 Å². The number of amides is 1. The van der Waals surface area contributed by atoms with Crippen molar-refractivity contribution < 1.29 is 14.3 Å². The fourth-order valence-corrected chi connectivity index (χ4v) is 4.16. The summed E-state index contributed by atoms with van der Waals surface area (Å²) in [7, 11) is 0. The third kappa shape index (κ3) is 5.11. The summed E-state index contributed by atoms with van der Waals surface area (Å²) < 4.78 is 6.96. The minimum absolute atomic E-state index is 0.0942. The topological polar surface area (TPSA) is 73.2 Å². The first-order chi connectivity index (χ1) is 15.3. The summed E-state index contributed by atoms with van der Waals surface area (Å²) in [6.45, 7) is 6.12. The van der Waals surface area contributed by atoms with Gasteiger partial charge < -0.3 is 10.1 Å². The number of thioether (sulfide) groups is 1. The van der Waals surface area contributed by atoms with Gasteiger partial charge in [-0.2, -0.15) is 0 Å². The Balaban J connectivity index is 2.09. The molecule has 6 nitrogen and oxygen atoms in total. The number of carbonyl (C=O) groups is 2. The van der Waals surface area contributed by atoms with Crippen molar-refractivity contribution in [3.8, 4) is 5.69 Å². The lowest BCUT2D eigenvalue weighted by Crippen LogP contribution is -2.18. The molecule has 9 heteroatoms. The number of esters is 1. The van der Waals surface area contributed by atoms with Gasteiger partial charge >= 0.3 is 5.97 Å². The Morgan fingerprint density at radius 1 is 1.16 bits per heavy atom. The van der Waals surface area contributed by atoms with Gasteiger partial charge in [0.15, 0.2) is 16.7 Å². The minimum Gasteiger partial charge on any atom is -0.461 e. The van der Waals surface area contributed by atoms with E-state index in [9.17, 15) is 9.59 Å². The molecule has 0 unspecified atom stereocenters. The molecule has 0 atom stereocenters. The second-order valence-electron chi connectivity index (χ2n) is 7.18. The average Bonchev–Trinajstić information content (AvgIpc) is 3.12. The molecule has 0 fully saturated rings. The Morgan fingerprint density at radius 3 is 2.41 bits per heavy atom. The van der Waals surface area contributed by atoms with E-state index in [0.29, 0.717) is 16.1 Å². The fourth-order valence-electron chi connectivity index (χ4n) is 3.11. The van der Waals surface area contributed by atoms with Gasteiger partial charge in [0, 0.05) is 10.7 Å². The number of imidazole rings is 1. The monoisotopic (exact) mass is 491 g/mol. The first kappa shape index (κ1) is 24.2. The highest BCUT2D eigenvalue weighted by Gasteiger charge is 2.27. The van der Waals surface area contributed by atoms with E-state index in [1.165, 1.54) is 29.5 Å². The number of anilines is 1. The van der Waals surface area contributed by atoms with Crippen molar-refractivity contribution in [2.24, 2.45) is 0 Å². The van der Waals surface area contributed by atoms with Crippen molar-refractivity contribution in [2.45, 2.75) is 31.8 Å². The summed E-state index contributed by atoms with van der Waals surface area (Å²) >= 11 is 13.5. The van der Waals surface area contributed by atoms with Crippen LogP contribution in [-0.2, 0) is 4.74 Å². The molecule has 0 saturated heterocycles. The zero-order valence-electron chi connectivity index (χ0n) is 18.1. The smallest absolute Gasteiger partial charge is 0.359 e. The number of hydrogen-bond donors (Lipinski definition) is 1. The van der Waals surface area contributed by atoms with Crippen LogP contribution in [0.25, 0.3) is 5.69 Å². The lowest BCUT2D eigenvalue weighted by atomic mass is 10.0. The molecule has 0 aliphatic rings. The third-order valence-electron chi connectivity index (χ3n) is 4.72. The van der Waals surface area contributed by atoms with E-state index >= 15 is 0 Å². The number of benzene rings is 2. The van der Waals surface area contributed by atoms with Crippen LogP contribution in [0, 0.1) is 0 Å². The molecule has 0 saturated carbocycles. The van der Waals surface area contributed by atoms with Gasteiger partial charge in [0.05, 0.1) is 17.2 Å². The van der Waals surface area contributed by atoms with Crippen molar-refractivity contribution in [3.05, 3.63) is 69.3 Å². The van der Waals surface area contributed by atoms with Gasteiger partial charge in [-0.25, -0.2) is 9.78 Å². The van der Waals surface area contributed by atoms with E-state index in [-0.39, 0.29) is 28.7 Å². The number of ether oxygens (including phenoxy) is 1. The first-order valence-electron chi connectivity index (χ1n) is 9.97. The molecule has 1 heterocycles. The van der Waals surface area contributed by atoms with Gasteiger partial charge in [-0.15, -0.1) is 0 Å². The van der Waals surface area contributed by atoms with Crippen molar-refractivity contribution >= 4 is 52.7 Å². The number of halogens is 2. The molecule has 0 spiro atoms.